The summed E-state index contributed by atoms with van der Waals surface area (Å²) in [4.78, 5) is 0. The van der Waals surface area contributed by atoms with Crippen molar-refractivity contribution < 1.29 is 14.2 Å². The summed E-state index contributed by atoms with van der Waals surface area (Å²) in [7, 11) is 0. The number of hydrogen-bond acceptors (Lipinski definition) is 3. The van der Waals surface area contributed by atoms with Crippen LogP contribution in [-0.4, -0.2) is 23.9 Å². The lowest BCUT2D eigenvalue weighted by Crippen LogP contribution is -2.40. The predicted octanol–water partition coefficient (Wildman–Crippen LogP) is 4.02. The maximum absolute atomic E-state index is 6.50. The minimum absolute atomic E-state index is 0.0616. The van der Waals surface area contributed by atoms with Crippen LogP contribution in [-0.2, 0) is 9.47 Å². The summed E-state index contributed by atoms with van der Waals surface area (Å²) in [5.74, 6) is 0.974. The Kier molecular flexibility index (Phi) is 3.05. The summed E-state index contributed by atoms with van der Waals surface area (Å²) in [6.45, 7) is 5.10. The topological polar surface area (TPSA) is 27.7 Å². The molecule has 3 heteroatoms. The van der Waals surface area contributed by atoms with Gasteiger partial charge in [0.25, 0.3) is 0 Å². The molecule has 3 aliphatic heterocycles. The third kappa shape index (κ3) is 1.94. The Morgan fingerprint density at radius 2 is 2.05 bits per heavy atom. The lowest BCUT2D eigenvalue weighted by molar-refractivity contribution is -0.117. The SMILES string of the molecule is CCC12CCC(CC)(O1)C(OC1COc3ccccc31)C2. The molecule has 3 nitrogen and oxygen atoms in total. The average molecular weight is 288 g/mol. The summed E-state index contributed by atoms with van der Waals surface area (Å²) in [5.41, 5.74) is 1.20. The van der Waals surface area contributed by atoms with Crippen molar-refractivity contribution in [3.8, 4) is 5.75 Å². The Bertz CT molecular complexity index is 543. The van der Waals surface area contributed by atoms with Crippen LogP contribution in [0.25, 0.3) is 0 Å². The van der Waals surface area contributed by atoms with E-state index in [4.69, 9.17) is 14.2 Å². The highest BCUT2D eigenvalue weighted by Gasteiger charge is 2.60. The van der Waals surface area contributed by atoms with Gasteiger partial charge in [-0.15, -0.1) is 0 Å². The summed E-state index contributed by atoms with van der Waals surface area (Å²) in [5, 5.41) is 0. The fourth-order valence-corrected chi connectivity index (χ4v) is 4.35. The number of rotatable bonds is 4. The summed E-state index contributed by atoms with van der Waals surface area (Å²) >= 11 is 0. The van der Waals surface area contributed by atoms with Gasteiger partial charge < -0.3 is 14.2 Å². The predicted molar refractivity (Wildman–Crippen MR) is 80.5 cm³/mol. The monoisotopic (exact) mass is 288 g/mol. The molecule has 4 unspecified atom stereocenters. The number of fused-ring (bicyclic) bond motifs is 3. The molecule has 4 rings (SSSR count). The van der Waals surface area contributed by atoms with Crippen LogP contribution in [0.15, 0.2) is 24.3 Å². The third-order valence-electron chi connectivity index (χ3n) is 5.80. The van der Waals surface area contributed by atoms with E-state index in [0.29, 0.717) is 6.61 Å². The second-order valence-electron chi connectivity index (χ2n) is 6.72. The maximum atomic E-state index is 6.50. The zero-order chi connectivity index (χ0) is 14.5. The average Bonchev–Trinajstić information content (AvgIpc) is 3.19. The first kappa shape index (κ1) is 13.6. The number of hydrogen-bond donors (Lipinski definition) is 0. The van der Waals surface area contributed by atoms with Gasteiger partial charge in [0.2, 0.25) is 0 Å². The van der Waals surface area contributed by atoms with Crippen molar-refractivity contribution in [2.45, 2.75) is 69.4 Å². The van der Waals surface area contributed by atoms with Gasteiger partial charge in [0.15, 0.2) is 0 Å². The molecule has 0 radical (unpaired) electrons. The Morgan fingerprint density at radius 1 is 1.19 bits per heavy atom. The first-order valence-corrected chi connectivity index (χ1v) is 8.28. The first-order chi connectivity index (χ1) is 10.2. The molecule has 0 amide bonds. The van der Waals surface area contributed by atoms with Crippen molar-refractivity contribution in [3.05, 3.63) is 29.8 Å². The van der Waals surface area contributed by atoms with E-state index in [1.165, 1.54) is 12.0 Å². The summed E-state index contributed by atoms with van der Waals surface area (Å²) < 4.78 is 18.7. The van der Waals surface area contributed by atoms with E-state index >= 15 is 0 Å². The van der Waals surface area contributed by atoms with Crippen LogP contribution in [0.3, 0.4) is 0 Å². The molecule has 2 fully saturated rings. The van der Waals surface area contributed by atoms with Crippen molar-refractivity contribution in [1.29, 1.82) is 0 Å². The molecule has 0 N–H and O–H groups in total. The van der Waals surface area contributed by atoms with Crippen LogP contribution in [0.5, 0.6) is 5.75 Å². The molecule has 0 saturated carbocycles. The molecule has 0 spiro atoms. The Labute approximate surface area is 126 Å². The zero-order valence-electron chi connectivity index (χ0n) is 12.9. The van der Waals surface area contributed by atoms with Crippen LogP contribution >= 0.6 is 0 Å². The van der Waals surface area contributed by atoms with E-state index < -0.39 is 0 Å². The molecule has 2 saturated heterocycles. The quantitative estimate of drug-likeness (QED) is 0.837. The fourth-order valence-electron chi connectivity index (χ4n) is 4.35. The van der Waals surface area contributed by atoms with Gasteiger partial charge in [-0.05, 0) is 31.7 Å². The van der Waals surface area contributed by atoms with Crippen LogP contribution < -0.4 is 4.74 Å². The maximum Gasteiger partial charge on any atom is 0.125 e. The second-order valence-corrected chi connectivity index (χ2v) is 6.72. The minimum Gasteiger partial charge on any atom is -0.490 e. The molecule has 1 aromatic carbocycles. The van der Waals surface area contributed by atoms with Gasteiger partial charge in [0, 0.05) is 12.0 Å². The summed E-state index contributed by atoms with van der Waals surface area (Å²) in [6, 6.07) is 8.22. The standard InChI is InChI=1S/C18H24O3/c1-3-17-9-10-18(4-2,21-17)16(11-17)20-15-12-19-14-8-6-5-7-13(14)15/h5-8,15-16H,3-4,9-12H2,1-2H3. The highest BCUT2D eigenvalue weighted by molar-refractivity contribution is 5.38. The lowest BCUT2D eigenvalue weighted by atomic mass is 9.77. The van der Waals surface area contributed by atoms with Crippen LogP contribution in [0, 0.1) is 0 Å². The van der Waals surface area contributed by atoms with E-state index in [-0.39, 0.29) is 23.4 Å². The Morgan fingerprint density at radius 3 is 2.86 bits per heavy atom. The van der Waals surface area contributed by atoms with Crippen molar-refractivity contribution in [3.63, 3.8) is 0 Å². The molecule has 21 heavy (non-hydrogen) atoms. The van der Waals surface area contributed by atoms with E-state index in [0.717, 1.165) is 31.4 Å². The first-order valence-electron chi connectivity index (χ1n) is 8.28. The fraction of sp³-hybridized carbons (Fsp3) is 0.667. The van der Waals surface area contributed by atoms with Gasteiger partial charge in [-0.2, -0.15) is 0 Å². The molecule has 1 aromatic rings. The molecule has 3 heterocycles. The van der Waals surface area contributed by atoms with Crippen molar-refractivity contribution in [2.24, 2.45) is 0 Å². The van der Waals surface area contributed by atoms with Crippen molar-refractivity contribution in [2.75, 3.05) is 6.61 Å². The second kappa shape index (κ2) is 4.72. The molecular weight excluding hydrogens is 264 g/mol. The van der Waals surface area contributed by atoms with Gasteiger partial charge in [-0.25, -0.2) is 0 Å². The van der Waals surface area contributed by atoms with E-state index in [1.54, 1.807) is 0 Å². The molecule has 0 aromatic heterocycles. The van der Waals surface area contributed by atoms with Crippen LogP contribution in [0.2, 0.25) is 0 Å². The Hall–Kier alpha value is -1.06. The van der Waals surface area contributed by atoms with Crippen molar-refractivity contribution >= 4 is 0 Å². The van der Waals surface area contributed by atoms with Gasteiger partial charge >= 0.3 is 0 Å². The molecule has 3 aliphatic rings. The molecule has 4 atom stereocenters. The Balaban J connectivity index is 1.56. The summed E-state index contributed by atoms with van der Waals surface area (Å²) in [6.07, 6.45) is 5.76. The minimum atomic E-state index is -0.0620. The largest absolute Gasteiger partial charge is 0.490 e. The van der Waals surface area contributed by atoms with Gasteiger partial charge in [-0.1, -0.05) is 32.0 Å². The smallest absolute Gasteiger partial charge is 0.125 e. The van der Waals surface area contributed by atoms with Crippen LogP contribution in [0.1, 0.15) is 57.6 Å². The highest BCUT2D eigenvalue weighted by atomic mass is 16.6. The molecule has 114 valence electrons. The van der Waals surface area contributed by atoms with E-state index in [1.807, 2.05) is 12.1 Å². The van der Waals surface area contributed by atoms with Gasteiger partial charge in [0.05, 0.1) is 17.3 Å². The van der Waals surface area contributed by atoms with Crippen molar-refractivity contribution in [1.82, 2.24) is 0 Å². The zero-order valence-corrected chi connectivity index (χ0v) is 12.9. The molecule has 2 bridgehead atoms. The molecular formula is C18H24O3. The number of para-hydroxylation sites is 1. The third-order valence-corrected chi connectivity index (χ3v) is 5.80. The highest BCUT2D eigenvalue weighted by Crippen LogP contribution is 2.56. The number of benzene rings is 1. The lowest BCUT2D eigenvalue weighted by Gasteiger charge is -2.33. The van der Waals surface area contributed by atoms with Gasteiger partial charge in [-0.3, -0.25) is 0 Å². The normalized spacial score (nSPS) is 40.3. The van der Waals surface area contributed by atoms with E-state index in [2.05, 4.69) is 26.0 Å². The van der Waals surface area contributed by atoms with Crippen LogP contribution in [0.4, 0.5) is 0 Å². The number of ether oxygens (including phenoxy) is 3. The van der Waals surface area contributed by atoms with Gasteiger partial charge in [0.1, 0.15) is 18.5 Å². The molecule has 0 aliphatic carbocycles. The van der Waals surface area contributed by atoms with E-state index in [9.17, 15) is 0 Å².